The van der Waals surface area contributed by atoms with E-state index in [0.717, 1.165) is 22.1 Å². The molecule has 0 atom stereocenters. The number of fused-ring (bicyclic) bond motifs is 1. The molecule has 4 rings (SSSR count). The Bertz CT molecular complexity index is 1290. The van der Waals surface area contributed by atoms with Gasteiger partial charge in [-0.1, -0.05) is 29.3 Å². The molecule has 0 spiro atoms. The van der Waals surface area contributed by atoms with Gasteiger partial charge in [-0.05, 0) is 54.8 Å². The Morgan fingerprint density at radius 2 is 1.58 bits per heavy atom. The molecular formula is C22H22Cl2N2O4S. The van der Waals surface area contributed by atoms with Crippen LogP contribution in [0.25, 0.3) is 11.0 Å². The molecule has 0 saturated carbocycles. The highest BCUT2D eigenvalue weighted by Gasteiger charge is 2.32. The van der Waals surface area contributed by atoms with E-state index in [4.69, 9.17) is 27.6 Å². The lowest BCUT2D eigenvalue weighted by molar-refractivity contribution is 0.182. The zero-order chi connectivity index (χ0) is 22.3. The highest BCUT2D eigenvalue weighted by atomic mass is 35.5. The maximum Gasteiger partial charge on any atom is 0.336 e. The predicted octanol–water partition coefficient (Wildman–Crippen LogP) is 4.22. The maximum absolute atomic E-state index is 13.1. The molecule has 3 aromatic rings. The first-order valence-corrected chi connectivity index (χ1v) is 12.1. The Balaban J connectivity index is 1.54. The van der Waals surface area contributed by atoms with Crippen LogP contribution in [0, 0.1) is 13.8 Å². The topological polar surface area (TPSA) is 70.8 Å². The average Bonchev–Trinajstić information content (AvgIpc) is 2.69. The standard InChI is InChI=1S/C22H22Cl2N2O4S/c1-14-10-17-16(12-21(27)30-20(17)11-15(14)2)13-25-6-8-26(9-7-25)31(28,29)22-18(23)4-3-5-19(22)24/h3-5,10-12H,6-9,13H2,1-2H3. The third kappa shape index (κ3) is 4.38. The Labute approximate surface area is 191 Å². The molecule has 0 aliphatic carbocycles. The molecule has 0 unspecified atom stereocenters. The van der Waals surface area contributed by atoms with E-state index in [1.54, 1.807) is 6.07 Å². The maximum atomic E-state index is 13.1. The minimum atomic E-state index is -3.79. The van der Waals surface area contributed by atoms with Gasteiger partial charge < -0.3 is 4.42 Å². The largest absolute Gasteiger partial charge is 0.423 e. The van der Waals surface area contributed by atoms with Crippen LogP contribution in [0.2, 0.25) is 10.0 Å². The van der Waals surface area contributed by atoms with Crippen LogP contribution in [-0.4, -0.2) is 43.8 Å². The van der Waals surface area contributed by atoms with E-state index in [-0.39, 0.29) is 20.6 Å². The molecule has 1 fully saturated rings. The number of hydrogen-bond acceptors (Lipinski definition) is 5. The van der Waals surface area contributed by atoms with Crippen LogP contribution in [0.5, 0.6) is 0 Å². The van der Waals surface area contributed by atoms with Crippen molar-refractivity contribution in [2.75, 3.05) is 26.2 Å². The van der Waals surface area contributed by atoms with Crippen molar-refractivity contribution in [3.63, 3.8) is 0 Å². The van der Waals surface area contributed by atoms with E-state index < -0.39 is 10.0 Å². The van der Waals surface area contributed by atoms with Crippen LogP contribution >= 0.6 is 23.2 Å². The van der Waals surface area contributed by atoms with Crippen molar-refractivity contribution < 1.29 is 12.8 Å². The molecule has 0 N–H and O–H groups in total. The Hall–Kier alpha value is -1.90. The van der Waals surface area contributed by atoms with Gasteiger partial charge in [0.05, 0.1) is 10.0 Å². The summed E-state index contributed by atoms with van der Waals surface area (Å²) in [5.74, 6) is 0. The van der Waals surface area contributed by atoms with Crippen LogP contribution < -0.4 is 5.63 Å². The molecule has 0 radical (unpaired) electrons. The molecule has 1 aliphatic rings. The van der Waals surface area contributed by atoms with Crippen molar-refractivity contribution >= 4 is 44.2 Å². The van der Waals surface area contributed by atoms with Crippen molar-refractivity contribution in [3.05, 3.63) is 73.6 Å². The van der Waals surface area contributed by atoms with E-state index in [1.165, 1.54) is 22.5 Å². The van der Waals surface area contributed by atoms with E-state index in [0.29, 0.717) is 38.3 Å². The van der Waals surface area contributed by atoms with Gasteiger partial charge in [-0.15, -0.1) is 0 Å². The lowest BCUT2D eigenvalue weighted by atomic mass is 10.0. The molecule has 2 aromatic carbocycles. The van der Waals surface area contributed by atoms with E-state index in [9.17, 15) is 13.2 Å². The van der Waals surface area contributed by atoms with Gasteiger partial charge in [-0.2, -0.15) is 4.31 Å². The zero-order valence-corrected chi connectivity index (χ0v) is 19.5. The van der Waals surface area contributed by atoms with Crippen LogP contribution in [0.15, 0.2) is 50.5 Å². The molecule has 1 saturated heterocycles. The van der Waals surface area contributed by atoms with Crippen LogP contribution in [0.4, 0.5) is 0 Å². The van der Waals surface area contributed by atoms with Gasteiger partial charge in [0.1, 0.15) is 10.5 Å². The van der Waals surface area contributed by atoms with E-state index >= 15 is 0 Å². The van der Waals surface area contributed by atoms with Crippen LogP contribution in [0.1, 0.15) is 16.7 Å². The Kier molecular flexibility index (Phi) is 6.16. The number of benzene rings is 2. The summed E-state index contributed by atoms with van der Waals surface area (Å²) in [6, 6.07) is 10.1. The van der Waals surface area contributed by atoms with Crippen molar-refractivity contribution in [1.82, 2.24) is 9.21 Å². The van der Waals surface area contributed by atoms with Gasteiger partial charge in [0.2, 0.25) is 10.0 Å². The van der Waals surface area contributed by atoms with Gasteiger partial charge in [0.25, 0.3) is 0 Å². The third-order valence-corrected chi connectivity index (χ3v) is 8.54. The van der Waals surface area contributed by atoms with E-state index in [2.05, 4.69) is 4.90 Å². The Morgan fingerprint density at radius 3 is 2.23 bits per heavy atom. The number of sulfonamides is 1. The summed E-state index contributed by atoms with van der Waals surface area (Å²) >= 11 is 12.2. The van der Waals surface area contributed by atoms with Crippen LogP contribution in [0.3, 0.4) is 0 Å². The lowest BCUT2D eigenvalue weighted by Crippen LogP contribution is -2.48. The number of nitrogens with zero attached hydrogens (tertiary/aromatic N) is 2. The molecule has 31 heavy (non-hydrogen) atoms. The second kappa shape index (κ2) is 8.56. The summed E-state index contributed by atoms with van der Waals surface area (Å²) in [5, 5.41) is 1.13. The quantitative estimate of drug-likeness (QED) is 0.522. The fraction of sp³-hybridized carbons (Fsp3) is 0.318. The van der Waals surface area contributed by atoms with Gasteiger partial charge in [-0.3, -0.25) is 4.90 Å². The molecule has 1 aliphatic heterocycles. The van der Waals surface area contributed by atoms with Crippen molar-refractivity contribution in [2.45, 2.75) is 25.3 Å². The summed E-state index contributed by atoms with van der Waals surface area (Å²) < 4.78 is 32.9. The second-order valence-corrected chi connectivity index (χ2v) is 10.4. The van der Waals surface area contributed by atoms with Gasteiger partial charge >= 0.3 is 5.63 Å². The van der Waals surface area contributed by atoms with Crippen molar-refractivity contribution in [3.8, 4) is 0 Å². The zero-order valence-electron chi connectivity index (χ0n) is 17.2. The first-order chi connectivity index (χ1) is 14.7. The van der Waals surface area contributed by atoms with Crippen molar-refractivity contribution in [1.29, 1.82) is 0 Å². The number of halogens is 2. The highest BCUT2D eigenvalue weighted by molar-refractivity contribution is 7.89. The Morgan fingerprint density at radius 1 is 0.968 bits per heavy atom. The predicted molar refractivity (Wildman–Crippen MR) is 122 cm³/mol. The third-order valence-electron chi connectivity index (χ3n) is 5.69. The number of rotatable bonds is 4. The molecule has 6 nitrogen and oxygen atoms in total. The average molecular weight is 481 g/mol. The first kappa shape index (κ1) is 22.3. The molecule has 2 heterocycles. The molecule has 9 heteroatoms. The summed E-state index contributed by atoms with van der Waals surface area (Å²) in [6.45, 7) is 6.19. The molecule has 1 aromatic heterocycles. The second-order valence-electron chi connectivity index (χ2n) is 7.75. The van der Waals surface area contributed by atoms with Gasteiger partial charge in [0, 0.05) is 44.2 Å². The number of hydrogen-bond donors (Lipinski definition) is 0. The van der Waals surface area contributed by atoms with Gasteiger partial charge in [0.15, 0.2) is 0 Å². The SMILES string of the molecule is Cc1cc2oc(=O)cc(CN3CCN(S(=O)(=O)c4c(Cl)cccc4Cl)CC3)c2cc1C. The summed E-state index contributed by atoms with van der Waals surface area (Å²) in [6.07, 6.45) is 0. The minimum absolute atomic E-state index is 0.0516. The van der Waals surface area contributed by atoms with Crippen molar-refractivity contribution in [2.24, 2.45) is 0 Å². The fourth-order valence-corrected chi connectivity index (χ4v) is 6.35. The van der Waals surface area contributed by atoms with Gasteiger partial charge in [-0.25, -0.2) is 13.2 Å². The summed E-state index contributed by atoms with van der Waals surface area (Å²) in [7, 11) is -3.79. The number of piperazine rings is 1. The fourth-order valence-electron chi connectivity index (χ4n) is 3.84. The minimum Gasteiger partial charge on any atom is -0.423 e. The first-order valence-electron chi connectivity index (χ1n) is 9.87. The molecule has 0 bridgehead atoms. The lowest BCUT2D eigenvalue weighted by Gasteiger charge is -2.34. The van der Waals surface area contributed by atoms with Crippen LogP contribution in [-0.2, 0) is 16.6 Å². The monoisotopic (exact) mass is 480 g/mol. The number of aryl methyl sites for hydroxylation is 2. The van der Waals surface area contributed by atoms with E-state index in [1.807, 2.05) is 26.0 Å². The molecule has 0 amide bonds. The summed E-state index contributed by atoms with van der Waals surface area (Å²) in [4.78, 5) is 14.1. The summed E-state index contributed by atoms with van der Waals surface area (Å²) in [5.41, 5.74) is 3.24. The highest BCUT2D eigenvalue weighted by Crippen LogP contribution is 2.32. The molecular weight excluding hydrogens is 459 g/mol. The molecule has 164 valence electrons. The smallest absolute Gasteiger partial charge is 0.336 e. The normalized spacial score (nSPS) is 16.1.